The molecule has 0 atom stereocenters. The Hall–Kier alpha value is -5.80. The highest BCUT2D eigenvalue weighted by Gasteiger charge is 2.16. The summed E-state index contributed by atoms with van der Waals surface area (Å²) in [6.07, 6.45) is 0. The van der Waals surface area contributed by atoms with Crippen molar-refractivity contribution in [3.8, 4) is 33.6 Å². The molecule has 0 radical (unpaired) electrons. The molecule has 0 spiro atoms. The second-order valence-corrected chi connectivity index (χ2v) is 10.5. The van der Waals surface area contributed by atoms with Gasteiger partial charge < -0.3 is 5.32 Å². The average Bonchev–Trinajstić information content (AvgIpc) is 3.09. The largest absolute Gasteiger partial charge is 0.355 e. The number of fused-ring (bicyclic) bond motifs is 1. The van der Waals surface area contributed by atoms with Crippen LogP contribution < -0.4 is 5.32 Å². The summed E-state index contributed by atoms with van der Waals surface area (Å²) in [5.41, 5.74) is 10.1. The third-order valence-corrected chi connectivity index (χ3v) is 7.68. The van der Waals surface area contributed by atoms with Crippen LogP contribution >= 0.6 is 0 Å². The zero-order valence-electron chi connectivity index (χ0n) is 23.5. The van der Waals surface area contributed by atoms with Crippen LogP contribution in [-0.4, -0.2) is 10.7 Å². The van der Waals surface area contributed by atoms with Gasteiger partial charge in [-0.25, -0.2) is 4.98 Å². The Kier molecular flexibility index (Phi) is 7.04. The second kappa shape index (κ2) is 11.6. The molecule has 0 saturated heterocycles. The van der Waals surface area contributed by atoms with E-state index in [4.69, 9.17) is 4.98 Å². The molecule has 6 aromatic carbocycles. The number of pyridine rings is 1. The number of hydrogen-bond acceptors (Lipinski definition) is 3. The van der Waals surface area contributed by atoms with Crippen LogP contribution in [0.25, 0.3) is 44.4 Å². The fourth-order valence-corrected chi connectivity index (χ4v) is 5.53. The smallest absolute Gasteiger partial charge is 0.0715 e. The van der Waals surface area contributed by atoms with Gasteiger partial charge in [0.05, 0.1) is 17.1 Å². The van der Waals surface area contributed by atoms with E-state index >= 15 is 0 Å². The molecular weight excluding hydrogens is 522 g/mol. The lowest BCUT2D eigenvalue weighted by Gasteiger charge is -2.17. The van der Waals surface area contributed by atoms with Crippen molar-refractivity contribution in [3.05, 3.63) is 175 Å². The van der Waals surface area contributed by atoms with Gasteiger partial charge in [-0.05, 0) is 58.3 Å². The molecule has 2 N–H and O–H groups in total. The van der Waals surface area contributed by atoms with Gasteiger partial charge in [-0.1, -0.05) is 127 Å². The maximum Gasteiger partial charge on any atom is 0.0715 e. The fourth-order valence-electron chi connectivity index (χ4n) is 5.53. The maximum absolute atomic E-state index is 9.51. The van der Waals surface area contributed by atoms with Crippen molar-refractivity contribution in [2.75, 3.05) is 5.32 Å². The summed E-state index contributed by atoms with van der Waals surface area (Å²) in [7, 11) is 0. The van der Waals surface area contributed by atoms with Gasteiger partial charge in [-0.15, -0.1) is 0 Å². The van der Waals surface area contributed by atoms with Crippen LogP contribution in [0.5, 0.6) is 0 Å². The number of nitrogens with zero attached hydrogens (tertiary/aromatic N) is 1. The molecule has 204 valence electrons. The lowest BCUT2D eigenvalue weighted by molar-refractivity contribution is 1.32. The number of anilines is 2. The summed E-state index contributed by atoms with van der Waals surface area (Å²) in [6, 6.07) is 55.7. The zero-order valence-corrected chi connectivity index (χ0v) is 23.5. The summed E-state index contributed by atoms with van der Waals surface area (Å²) in [5.74, 6) is 0. The van der Waals surface area contributed by atoms with Crippen molar-refractivity contribution in [1.82, 2.24) is 4.98 Å². The van der Waals surface area contributed by atoms with Gasteiger partial charge in [0, 0.05) is 33.6 Å². The minimum Gasteiger partial charge on any atom is -0.355 e. The van der Waals surface area contributed by atoms with Crippen molar-refractivity contribution in [2.45, 2.75) is 0 Å². The Labute approximate surface area is 251 Å². The van der Waals surface area contributed by atoms with Gasteiger partial charge in [0.15, 0.2) is 0 Å². The second-order valence-electron chi connectivity index (χ2n) is 10.5. The van der Waals surface area contributed by atoms with Crippen molar-refractivity contribution in [3.63, 3.8) is 0 Å². The van der Waals surface area contributed by atoms with Gasteiger partial charge in [-0.2, -0.15) is 0 Å². The fraction of sp³-hybridized carbons (Fsp3) is 0. The number of hydrogen-bond donors (Lipinski definition) is 2. The van der Waals surface area contributed by atoms with Crippen LogP contribution in [0.3, 0.4) is 0 Å². The van der Waals surface area contributed by atoms with Crippen molar-refractivity contribution < 1.29 is 0 Å². The predicted molar refractivity (Wildman–Crippen MR) is 180 cm³/mol. The first kappa shape index (κ1) is 26.1. The Morgan fingerprint density at radius 2 is 1.09 bits per heavy atom. The van der Waals surface area contributed by atoms with Crippen LogP contribution in [0.1, 0.15) is 11.1 Å². The van der Waals surface area contributed by atoms with E-state index < -0.39 is 0 Å². The predicted octanol–water partition coefficient (Wildman–Crippen LogP) is 10.4. The SMILES string of the molecule is N=C(c1cccc(-c2cc(-c3ccccc3)cc(-c3ccccc3)n2)c1)c1c(Nc2ccccc2)ccc2ccccc12. The molecule has 7 aromatic rings. The van der Waals surface area contributed by atoms with E-state index in [-0.39, 0.29) is 0 Å². The first-order valence-electron chi connectivity index (χ1n) is 14.4. The monoisotopic (exact) mass is 551 g/mol. The van der Waals surface area contributed by atoms with E-state index in [1.165, 1.54) is 0 Å². The van der Waals surface area contributed by atoms with Crippen LogP contribution in [-0.2, 0) is 0 Å². The Morgan fingerprint density at radius 3 is 1.84 bits per heavy atom. The quantitative estimate of drug-likeness (QED) is 0.194. The summed E-state index contributed by atoms with van der Waals surface area (Å²) in [4.78, 5) is 5.11. The van der Waals surface area contributed by atoms with E-state index in [0.717, 1.165) is 66.9 Å². The molecule has 43 heavy (non-hydrogen) atoms. The molecule has 1 heterocycles. The van der Waals surface area contributed by atoms with Gasteiger partial charge in [-0.3, -0.25) is 5.41 Å². The summed E-state index contributed by atoms with van der Waals surface area (Å²) >= 11 is 0. The molecule has 3 nitrogen and oxygen atoms in total. The minimum atomic E-state index is 0.458. The third-order valence-electron chi connectivity index (χ3n) is 7.68. The van der Waals surface area contributed by atoms with Crippen molar-refractivity contribution >= 4 is 27.9 Å². The highest BCUT2D eigenvalue weighted by molar-refractivity contribution is 6.21. The average molecular weight is 552 g/mol. The molecule has 1 aromatic heterocycles. The van der Waals surface area contributed by atoms with E-state index in [1.807, 2.05) is 78.9 Å². The van der Waals surface area contributed by atoms with Gasteiger partial charge >= 0.3 is 0 Å². The van der Waals surface area contributed by atoms with Gasteiger partial charge in [0.1, 0.15) is 0 Å². The third kappa shape index (κ3) is 5.44. The number of rotatable bonds is 7. The molecule has 7 rings (SSSR count). The van der Waals surface area contributed by atoms with Gasteiger partial charge in [0.2, 0.25) is 0 Å². The number of nitrogens with one attached hydrogen (secondary N) is 2. The summed E-state index contributed by atoms with van der Waals surface area (Å²) in [5, 5.41) is 15.2. The van der Waals surface area contributed by atoms with Crippen LogP contribution in [0.15, 0.2) is 164 Å². The summed E-state index contributed by atoms with van der Waals surface area (Å²) < 4.78 is 0. The Morgan fingerprint density at radius 1 is 0.488 bits per heavy atom. The van der Waals surface area contributed by atoms with Crippen LogP contribution in [0, 0.1) is 5.41 Å². The highest BCUT2D eigenvalue weighted by atomic mass is 14.9. The molecule has 0 aliphatic heterocycles. The minimum absolute atomic E-state index is 0.458. The highest BCUT2D eigenvalue weighted by Crippen LogP contribution is 2.33. The molecular formula is C40H29N3. The Bertz CT molecular complexity index is 1990. The van der Waals surface area contributed by atoms with Gasteiger partial charge in [0.25, 0.3) is 0 Å². The van der Waals surface area contributed by atoms with Crippen molar-refractivity contribution in [2.24, 2.45) is 0 Å². The topological polar surface area (TPSA) is 48.8 Å². The first-order valence-corrected chi connectivity index (χ1v) is 14.4. The normalized spacial score (nSPS) is 10.9. The van der Waals surface area contributed by atoms with E-state index in [0.29, 0.717) is 5.71 Å². The van der Waals surface area contributed by atoms with E-state index in [1.54, 1.807) is 0 Å². The molecule has 0 unspecified atom stereocenters. The lowest BCUT2D eigenvalue weighted by Crippen LogP contribution is -2.07. The number of benzene rings is 6. The first-order chi connectivity index (χ1) is 21.2. The Balaban J connectivity index is 1.34. The standard InChI is InChI=1S/C40H29N3/c41-40(39-35-22-11-10-15-29(35)23-24-36(39)42-34-20-8-3-9-21-34)32-19-12-18-31(25-32)38-27-33(28-13-4-1-5-14-28)26-37(43-38)30-16-6-2-7-17-30/h1-27,41-42H. The van der Waals surface area contributed by atoms with E-state index in [2.05, 4.69) is 90.2 Å². The number of para-hydroxylation sites is 1. The molecule has 0 aliphatic rings. The molecule has 0 aliphatic carbocycles. The molecule has 0 fully saturated rings. The van der Waals surface area contributed by atoms with E-state index in [9.17, 15) is 5.41 Å². The molecule has 3 heteroatoms. The maximum atomic E-state index is 9.51. The van der Waals surface area contributed by atoms with Crippen LogP contribution in [0.4, 0.5) is 11.4 Å². The lowest BCUT2D eigenvalue weighted by atomic mass is 9.93. The van der Waals surface area contributed by atoms with Crippen LogP contribution in [0.2, 0.25) is 0 Å². The zero-order chi connectivity index (χ0) is 29.0. The summed E-state index contributed by atoms with van der Waals surface area (Å²) in [6.45, 7) is 0. The number of aromatic nitrogens is 1. The molecule has 0 bridgehead atoms. The van der Waals surface area contributed by atoms with Crippen molar-refractivity contribution in [1.29, 1.82) is 5.41 Å². The molecule has 0 amide bonds. The molecule has 0 saturated carbocycles.